The van der Waals surface area contributed by atoms with E-state index in [1.165, 1.54) is 18.4 Å². The fourth-order valence-electron chi connectivity index (χ4n) is 4.38. The predicted octanol–water partition coefficient (Wildman–Crippen LogP) is 3.54. The zero-order valence-electron chi connectivity index (χ0n) is 20.1. The number of benzene rings is 1. The van der Waals surface area contributed by atoms with Crippen molar-refractivity contribution in [3.63, 3.8) is 0 Å². The molecule has 2 saturated heterocycles. The number of guanidine groups is 1. The lowest BCUT2D eigenvalue weighted by Gasteiger charge is -2.36. The summed E-state index contributed by atoms with van der Waals surface area (Å²) >= 11 is 0. The number of hydrogen-bond donors (Lipinski definition) is 1. The Morgan fingerprint density at radius 1 is 1.25 bits per heavy atom. The summed E-state index contributed by atoms with van der Waals surface area (Å²) in [6.45, 7) is 4.33. The van der Waals surface area contributed by atoms with Crippen molar-refractivity contribution >= 4 is 29.9 Å². The van der Waals surface area contributed by atoms with Gasteiger partial charge in [-0.25, -0.2) is 0 Å². The van der Waals surface area contributed by atoms with E-state index >= 15 is 0 Å². The fraction of sp³-hybridized carbons (Fsp3) is 0.708. The van der Waals surface area contributed by atoms with Gasteiger partial charge in [-0.3, -0.25) is 4.99 Å². The highest BCUT2D eigenvalue weighted by molar-refractivity contribution is 14.0. The lowest BCUT2D eigenvalue weighted by molar-refractivity contribution is -0.0721. The molecule has 2 heterocycles. The zero-order valence-corrected chi connectivity index (χ0v) is 22.4. The molecule has 7 nitrogen and oxygen atoms in total. The Hall–Kier alpha value is -1.10. The first-order chi connectivity index (χ1) is 15.1. The molecule has 0 saturated carbocycles. The summed E-state index contributed by atoms with van der Waals surface area (Å²) in [7, 11) is 7.78. The average molecular weight is 561 g/mol. The number of methoxy groups -OCH3 is 1. The van der Waals surface area contributed by atoms with Crippen molar-refractivity contribution in [1.29, 1.82) is 0 Å². The molecule has 2 aliphatic rings. The van der Waals surface area contributed by atoms with E-state index in [2.05, 4.69) is 46.3 Å². The summed E-state index contributed by atoms with van der Waals surface area (Å²) in [5.74, 6) is 1.85. The Kier molecular flexibility index (Phi) is 12.1. The van der Waals surface area contributed by atoms with Crippen LogP contribution in [0.1, 0.15) is 43.7 Å². The maximum Gasteiger partial charge on any atom is 0.193 e. The third kappa shape index (κ3) is 8.04. The largest absolute Gasteiger partial charge is 0.497 e. The van der Waals surface area contributed by atoms with Gasteiger partial charge in [0.2, 0.25) is 0 Å². The number of halogens is 1. The van der Waals surface area contributed by atoms with E-state index < -0.39 is 0 Å². The molecule has 0 amide bonds. The van der Waals surface area contributed by atoms with Gasteiger partial charge in [-0.1, -0.05) is 12.1 Å². The van der Waals surface area contributed by atoms with Crippen LogP contribution in [0.2, 0.25) is 0 Å². The van der Waals surface area contributed by atoms with Crippen LogP contribution in [-0.4, -0.2) is 89.1 Å². The molecule has 1 N–H and O–H groups in total. The highest BCUT2D eigenvalue weighted by Gasteiger charge is 2.24. The van der Waals surface area contributed by atoms with Gasteiger partial charge in [0.25, 0.3) is 0 Å². The van der Waals surface area contributed by atoms with Crippen LogP contribution in [0.25, 0.3) is 0 Å². The van der Waals surface area contributed by atoms with Crippen LogP contribution in [0.3, 0.4) is 0 Å². The first-order valence-corrected chi connectivity index (χ1v) is 11.6. The summed E-state index contributed by atoms with van der Waals surface area (Å²) in [6, 6.07) is 8.51. The third-order valence-corrected chi connectivity index (χ3v) is 6.30. The van der Waals surface area contributed by atoms with E-state index in [1.807, 2.05) is 19.2 Å². The minimum atomic E-state index is 0. The molecule has 0 spiro atoms. The minimum Gasteiger partial charge on any atom is -0.497 e. The molecule has 2 unspecified atom stereocenters. The van der Waals surface area contributed by atoms with Crippen molar-refractivity contribution in [2.45, 2.75) is 50.4 Å². The Balaban J connectivity index is 0.00000363. The first-order valence-electron chi connectivity index (χ1n) is 11.6. The number of hydrogen-bond acceptors (Lipinski definition) is 5. The second-order valence-electron chi connectivity index (χ2n) is 8.69. The first kappa shape index (κ1) is 27.1. The van der Waals surface area contributed by atoms with E-state index in [0.29, 0.717) is 12.2 Å². The van der Waals surface area contributed by atoms with Crippen molar-refractivity contribution in [2.24, 2.45) is 4.99 Å². The van der Waals surface area contributed by atoms with Crippen LogP contribution in [0.5, 0.6) is 5.75 Å². The summed E-state index contributed by atoms with van der Waals surface area (Å²) in [4.78, 5) is 9.11. The molecular weight excluding hydrogens is 519 g/mol. The van der Waals surface area contributed by atoms with Gasteiger partial charge < -0.3 is 29.3 Å². The molecule has 0 radical (unpaired) electrons. The van der Waals surface area contributed by atoms with E-state index in [0.717, 1.165) is 63.8 Å². The van der Waals surface area contributed by atoms with Crippen molar-refractivity contribution in [3.8, 4) is 5.75 Å². The molecule has 0 aromatic heterocycles. The van der Waals surface area contributed by atoms with Gasteiger partial charge in [-0.15, -0.1) is 24.0 Å². The number of rotatable bonds is 8. The summed E-state index contributed by atoms with van der Waals surface area (Å²) < 4.78 is 17.4. The van der Waals surface area contributed by atoms with Crippen LogP contribution < -0.4 is 10.1 Å². The molecule has 32 heavy (non-hydrogen) atoms. The van der Waals surface area contributed by atoms with Gasteiger partial charge in [0.15, 0.2) is 5.96 Å². The molecule has 1 aromatic carbocycles. The highest BCUT2D eigenvalue weighted by Crippen LogP contribution is 2.22. The molecule has 182 valence electrons. The van der Waals surface area contributed by atoms with E-state index in [4.69, 9.17) is 14.2 Å². The molecular formula is C24H41IN4O3. The monoisotopic (exact) mass is 560 g/mol. The zero-order chi connectivity index (χ0) is 22.1. The van der Waals surface area contributed by atoms with Gasteiger partial charge in [0.1, 0.15) is 5.75 Å². The quantitative estimate of drug-likeness (QED) is 0.298. The third-order valence-electron chi connectivity index (χ3n) is 6.30. The van der Waals surface area contributed by atoms with Crippen LogP contribution in [-0.2, 0) is 9.47 Å². The highest BCUT2D eigenvalue weighted by atomic mass is 127. The number of likely N-dealkylation sites (N-methyl/N-ethyl adjacent to an activating group) is 1. The Morgan fingerprint density at radius 3 is 2.66 bits per heavy atom. The van der Waals surface area contributed by atoms with Gasteiger partial charge in [-0.2, -0.15) is 0 Å². The maximum atomic E-state index is 6.16. The Bertz CT molecular complexity index is 690. The van der Waals surface area contributed by atoms with Gasteiger partial charge in [-0.05, 0) is 63.9 Å². The molecule has 8 heteroatoms. The molecule has 2 aliphatic heterocycles. The van der Waals surface area contributed by atoms with Crippen LogP contribution in [0.4, 0.5) is 0 Å². The predicted molar refractivity (Wildman–Crippen MR) is 140 cm³/mol. The van der Waals surface area contributed by atoms with E-state index in [1.54, 1.807) is 7.11 Å². The van der Waals surface area contributed by atoms with Crippen molar-refractivity contribution < 1.29 is 14.2 Å². The minimum absolute atomic E-state index is 0. The van der Waals surface area contributed by atoms with E-state index in [9.17, 15) is 0 Å². The Morgan fingerprint density at radius 2 is 2.03 bits per heavy atom. The summed E-state index contributed by atoms with van der Waals surface area (Å²) in [5.41, 5.74) is 1.23. The molecule has 0 aliphatic carbocycles. The smallest absolute Gasteiger partial charge is 0.193 e. The van der Waals surface area contributed by atoms with Gasteiger partial charge >= 0.3 is 0 Å². The number of aliphatic imine (C=N–C) groups is 1. The SMILES string of the molecule is CN=C(NCC(c1cccc(OC)c1)N(C)C)N1CCC(OCC2CCCCO2)CC1.I. The normalized spacial score (nSPS) is 21.2. The average Bonchev–Trinajstić information content (AvgIpc) is 2.81. The lowest BCUT2D eigenvalue weighted by Crippen LogP contribution is -2.48. The Labute approximate surface area is 210 Å². The van der Waals surface area contributed by atoms with Crippen LogP contribution >= 0.6 is 24.0 Å². The molecule has 1 aromatic rings. The number of piperidine rings is 1. The second kappa shape index (κ2) is 14.2. The number of ether oxygens (including phenoxy) is 3. The van der Waals surface area contributed by atoms with Gasteiger partial charge in [0.05, 0.1) is 32.0 Å². The molecule has 3 rings (SSSR count). The van der Waals surface area contributed by atoms with Gasteiger partial charge in [0, 0.05) is 33.3 Å². The lowest BCUT2D eigenvalue weighted by atomic mass is 10.1. The van der Waals surface area contributed by atoms with Crippen molar-refractivity contribution in [3.05, 3.63) is 29.8 Å². The molecule has 2 atom stereocenters. The van der Waals surface area contributed by atoms with Crippen molar-refractivity contribution in [1.82, 2.24) is 15.1 Å². The topological polar surface area (TPSA) is 58.6 Å². The second-order valence-corrected chi connectivity index (χ2v) is 8.69. The van der Waals surface area contributed by atoms with Crippen LogP contribution in [0, 0.1) is 0 Å². The van der Waals surface area contributed by atoms with Crippen molar-refractivity contribution in [2.75, 3.05) is 61.1 Å². The van der Waals surface area contributed by atoms with E-state index in [-0.39, 0.29) is 30.0 Å². The van der Waals surface area contributed by atoms with Crippen LogP contribution in [0.15, 0.2) is 29.3 Å². The number of likely N-dealkylation sites (tertiary alicyclic amines) is 1. The molecule has 0 bridgehead atoms. The standard InChI is InChI=1S/C24H40N4O3.HI/c1-25-24(26-17-23(27(2)3)19-8-7-10-21(16-19)29-4)28-13-11-20(12-14-28)31-18-22-9-5-6-15-30-22;/h7-8,10,16,20,22-23H,5-6,9,11-15,17-18H2,1-4H3,(H,25,26);1H. The summed E-state index contributed by atoms with van der Waals surface area (Å²) in [6.07, 6.45) is 6.26. The summed E-state index contributed by atoms with van der Waals surface area (Å²) in [5, 5.41) is 3.59. The fourth-order valence-corrected chi connectivity index (χ4v) is 4.38. The number of nitrogens with zero attached hydrogens (tertiary/aromatic N) is 3. The molecule has 2 fully saturated rings. The number of nitrogens with one attached hydrogen (secondary N) is 1. The maximum absolute atomic E-state index is 6.16.